The third-order valence-corrected chi connectivity index (χ3v) is 8.70. The minimum atomic E-state index is -0.870. The molecule has 46 heavy (non-hydrogen) atoms. The molecule has 0 fully saturated rings. The maximum Gasteiger partial charge on any atom is 0.318 e. The van der Waals surface area contributed by atoms with Crippen LogP contribution in [-0.4, -0.2) is 88.1 Å². The van der Waals surface area contributed by atoms with Crippen molar-refractivity contribution >= 4 is 29.2 Å². The van der Waals surface area contributed by atoms with Crippen LogP contribution in [0.3, 0.4) is 0 Å². The van der Waals surface area contributed by atoms with E-state index in [0.717, 1.165) is 29.2 Å². The first-order valence-corrected chi connectivity index (χ1v) is 17.5. The lowest BCUT2D eigenvalue weighted by Crippen LogP contribution is -2.57. The van der Waals surface area contributed by atoms with E-state index in [-0.39, 0.29) is 29.3 Å². The van der Waals surface area contributed by atoms with Crippen molar-refractivity contribution in [3.63, 3.8) is 0 Å². The van der Waals surface area contributed by atoms with E-state index in [2.05, 4.69) is 46.6 Å². The van der Waals surface area contributed by atoms with Gasteiger partial charge in [0.15, 0.2) is 0 Å². The first-order valence-electron chi connectivity index (χ1n) is 16.6. The van der Waals surface area contributed by atoms with Crippen LogP contribution in [-0.2, 0) is 22.6 Å². The number of carbonyl (C=O) groups excluding carboxylic acids is 3. The van der Waals surface area contributed by atoms with E-state index in [9.17, 15) is 19.5 Å². The van der Waals surface area contributed by atoms with Gasteiger partial charge in [-0.05, 0) is 64.6 Å². The van der Waals surface area contributed by atoms with Gasteiger partial charge in [-0.25, -0.2) is 9.78 Å². The van der Waals surface area contributed by atoms with Crippen LogP contribution in [0.1, 0.15) is 96.8 Å². The number of amides is 4. The fourth-order valence-electron chi connectivity index (χ4n) is 5.12. The second-order valence-corrected chi connectivity index (χ2v) is 14.8. The molecule has 0 spiro atoms. The number of thiazole rings is 1. The number of nitrogens with one attached hydrogen (secondary N) is 3. The lowest BCUT2D eigenvalue weighted by atomic mass is 9.98. The van der Waals surface area contributed by atoms with Crippen LogP contribution < -0.4 is 16.0 Å². The minimum Gasteiger partial charge on any atom is -0.390 e. The van der Waals surface area contributed by atoms with Gasteiger partial charge in [0.05, 0.1) is 29.4 Å². The Hall–Kier alpha value is -3.02. The predicted octanol–water partition coefficient (Wildman–Crippen LogP) is 4.93. The average molecular weight is 659 g/mol. The summed E-state index contributed by atoms with van der Waals surface area (Å²) >= 11 is 1.58. The molecule has 1 aromatic heterocycles. The standard InChI is InChI=1S/C35H58N6O4S/c1-10-18-41(19-14-17-30(43)39-35(6,7)8)22-29(42)28(20-26-15-12-11-13-16-26)37-32(44)31(24(2)3)38-34(45)40(9)21-27-23-46-33(36-27)25(4)5/h11-13,15-16,23-25,28-29,31,42H,10,14,17-22H2,1-9H3,(H,37,44)(H,38,45)(H,39,43)/t28-,29+,31-/m0/s1. The van der Waals surface area contributed by atoms with Crippen LogP contribution in [0.2, 0.25) is 0 Å². The summed E-state index contributed by atoms with van der Waals surface area (Å²) in [7, 11) is 1.69. The van der Waals surface area contributed by atoms with Gasteiger partial charge in [-0.2, -0.15) is 0 Å². The molecule has 4 N–H and O–H groups in total. The molecule has 11 heteroatoms. The third kappa shape index (κ3) is 14.2. The number of hydrogen-bond donors (Lipinski definition) is 4. The number of carbonyl (C=O) groups is 3. The SMILES string of the molecule is CCCN(CCCC(=O)NC(C)(C)C)C[C@@H](O)[C@H](Cc1ccccc1)NC(=O)[C@@H](NC(=O)N(C)Cc1csc(C(C)C)n1)C(C)C. The Bertz CT molecular complexity index is 1210. The monoisotopic (exact) mass is 658 g/mol. The summed E-state index contributed by atoms with van der Waals surface area (Å²) in [6.07, 6.45) is 1.53. The van der Waals surface area contributed by atoms with Gasteiger partial charge in [0.2, 0.25) is 11.8 Å². The molecule has 0 aliphatic heterocycles. The van der Waals surface area contributed by atoms with Crippen molar-refractivity contribution in [2.24, 2.45) is 5.92 Å². The smallest absolute Gasteiger partial charge is 0.318 e. The highest BCUT2D eigenvalue weighted by Crippen LogP contribution is 2.20. The Kier molecular flexibility index (Phi) is 16.1. The quantitative estimate of drug-likeness (QED) is 0.180. The molecule has 3 atom stereocenters. The Labute approximate surface area is 280 Å². The molecule has 4 amide bonds. The number of hydrogen-bond acceptors (Lipinski definition) is 7. The van der Waals surface area contributed by atoms with Crippen LogP contribution in [0, 0.1) is 5.92 Å². The molecule has 2 rings (SSSR count). The number of aliphatic hydroxyl groups is 1. The van der Waals surface area contributed by atoms with E-state index in [1.807, 2.05) is 70.3 Å². The molecular formula is C35H58N6O4S. The van der Waals surface area contributed by atoms with E-state index < -0.39 is 18.2 Å². The summed E-state index contributed by atoms with van der Waals surface area (Å²) in [5.74, 6) is -0.194. The fourth-order valence-corrected chi connectivity index (χ4v) is 5.95. The van der Waals surface area contributed by atoms with Gasteiger partial charge < -0.3 is 30.9 Å². The molecular weight excluding hydrogens is 600 g/mol. The number of benzene rings is 1. The Balaban J connectivity index is 2.11. The Morgan fingerprint density at radius 3 is 2.26 bits per heavy atom. The molecule has 1 aromatic carbocycles. The zero-order valence-electron chi connectivity index (χ0n) is 29.4. The molecule has 2 aromatic rings. The van der Waals surface area contributed by atoms with Crippen molar-refractivity contribution in [2.75, 3.05) is 26.7 Å². The van der Waals surface area contributed by atoms with E-state index in [4.69, 9.17) is 0 Å². The van der Waals surface area contributed by atoms with Gasteiger partial charge in [0, 0.05) is 36.9 Å². The van der Waals surface area contributed by atoms with Crippen molar-refractivity contribution in [1.29, 1.82) is 0 Å². The maximum absolute atomic E-state index is 13.7. The number of aliphatic hydroxyl groups excluding tert-OH is 1. The second kappa shape index (κ2) is 19.0. The van der Waals surface area contributed by atoms with Crippen molar-refractivity contribution in [3.8, 4) is 0 Å². The largest absolute Gasteiger partial charge is 0.390 e. The summed E-state index contributed by atoms with van der Waals surface area (Å²) < 4.78 is 0. The molecule has 0 bridgehead atoms. The van der Waals surface area contributed by atoms with Crippen molar-refractivity contribution in [1.82, 2.24) is 30.7 Å². The van der Waals surface area contributed by atoms with Crippen LogP contribution in [0.25, 0.3) is 0 Å². The molecule has 0 unspecified atom stereocenters. The normalized spacial score (nSPS) is 13.8. The van der Waals surface area contributed by atoms with Gasteiger partial charge in [-0.15, -0.1) is 11.3 Å². The first kappa shape index (κ1) is 39.2. The molecule has 0 aliphatic carbocycles. The third-order valence-electron chi connectivity index (χ3n) is 7.51. The predicted molar refractivity (Wildman–Crippen MR) is 187 cm³/mol. The molecule has 0 aliphatic rings. The summed E-state index contributed by atoms with van der Waals surface area (Å²) in [5.41, 5.74) is 1.52. The maximum atomic E-state index is 13.7. The van der Waals surface area contributed by atoms with Crippen molar-refractivity contribution in [3.05, 3.63) is 52.0 Å². The highest BCUT2D eigenvalue weighted by atomic mass is 32.1. The lowest BCUT2D eigenvalue weighted by Gasteiger charge is -2.32. The molecule has 0 radical (unpaired) electrons. The van der Waals surface area contributed by atoms with Crippen LogP contribution >= 0.6 is 11.3 Å². The van der Waals surface area contributed by atoms with Crippen molar-refractivity contribution < 1.29 is 19.5 Å². The number of rotatable bonds is 18. The lowest BCUT2D eigenvalue weighted by molar-refractivity contribution is -0.126. The number of aromatic nitrogens is 1. The van der Waals surface area contributed by atoms with Gasteiger partial charge in [0.1, 0.15) is 6.04 Å². The molecule has 0 saturated heterocycles. The number of urea groups is 1. The van der Waals surface area contributed by atoms with E-state index >= 15 is 0 Å². The minimum absolute atomic E-state index is 0.0121. The summed E-state index contributed by atoms with van der Waals surface area (Å²) in [6.45, 7) is 18.0. The van der Waals surface area contributed by atoms with Crippen LogP contribution in [0.5, 0.6) is 0 Å². The molecule has 0 saturated carbocycles. The van der Waals surface area contributed by atoms with Gasteiger partial charge in [-0.3, -0.25) is 9.59 Å². The topological polar surface area (TPSA) is 127 Å². The van der Waals surface area contributed by atoms with Gasteiger partial charge in [0.25, 0.3) is 0 Å². The average Bonchev–Trinajstić information content (AvgIpc) is 3.43. The van der Waals surface area contributed by atoms with E-state index in [1.54, 1.807) is 18.4 Å². The zero-order valence-corrected chi connectivity index (χ0v) is 30.2. The Morgan fingerprint density at radius 1 is 1.02 bits per heavy atom. The van der Waals surface area contributed by atoms with Crippen LogP contribution in [0.15, 0.2) is 35.7 Å². The zero-order chi connectivity index (χ0) is 34.4. The van der Waals surface area contributed by atoms with Crippen molar-refractivity contribution in [2.45, 2.75) is 117 Å². The summed E-state index contributed by atoms with van der Waals surface area (Å²) in [5, 5.41) is 23.5. The highest BCUT2D eigenvalue weighted by molar-refractivity contribution is 7.09. The summed E-state index contributed by atoms with van der Waals surface area (Å²) in [6, 6.07) is 8.01. The molecule has 10 nitrogen and oxygen atoms in total. The fraction of sp³-hybridized carbons (Fsp3) is 0.657. The second-order valence-electron chi connectivity index (χ2n) is 13.9. The van der Waals surface area contributed by atoms with Crippen LogP contribution in [0.4, 0.5) is 4.79 Å². The van der Waals surface area contributed by atoms with E-state index in [1.165, 1.54) is 4.90 Å². The molecule has 258 valence electrons. The first-order chi connectivity index (χ1) is 21.6. The van der Waals surface area contributed by atoms with Gasteiger partial charge in [-0.1, -0.05) is 65.0 Å². The Morgan fingerprint density at radius 2 is 1.70 bits per heavy atom. The van der Waals surface area contributed by atoms with Gasteiger partial charge >= 0.3 is 6.03 Å². The number of nitrogens with zero attached hydrogens (tertiary/aromatic N) is 3. The highest BCUT2D eigenvalue weighted by Gasteiger charge is 2.31. The molecule has 1 heterocycles. The summed E-state index contributed by atoms with van der Waals surface area (Å²) in [4.78, 5) is 47.6. The van der Waals surface area contributed by atoms with E-state index in [0.29, 0.717) is 44.8 Å².